The van der Waals surface area contributed by atoms with Gasteiger partial charge in [-0.1, -0.05) is 68.3 Å². The maximum Gasteiger partial charge on any atom is 0.311 e. The molecule has 4 fully saturated rings. The largest absolute Gasteiger partial charge is 0.481 e. The molecule has 2 aromatic carbocycles. The number of tetrazole rings is 1. The predicted octanol–water partition coefficient (Wildman–Crippen LogP) is 5.12. The lowest BCUT2D eigenvalue weighted by Gasteiger charge is -2.63. The maximum atomic E-state index is 14.1. The molecular weight excluding hydrogens is 504 g/mol. The van der Waals surface area contributed by atoms with Crippen LogP contribution in [0.15, 0.2) is 48.5 Å². The number of amides is 1. The number of H-pyrrole nitrogens is 1. The first-order valence-corrected chi connectivity index (χ1v) is 14.6. The third kappa shape index (κ3) is 4.05. The van der Waals surface area contributed by atoms with Crippen molar-refractivity contribution in [2.45, 2.75) is 89.8 Å². The summed E-state index contributed by atoms with van der Waals surface area (Å²) in [5.41, 5.74) is 2.58. The van der Waals surface area contributed by atoms with E-state index in [1.807, 2.05) is 43.1 Å². The van der Waals surface area contributed by atoms with Crippen molar-refractivity contribution in [3.63, 3.8) is 0 Å². The zero-order chi connectivity index (χ0) is 28.1. The van der Waals surface area contributed by atoms with Crippen molar-refractivity contribution in [1.29, 1.82) is 0 Å². The van der Waals surface area contributed by atoms with Gasteiger partial charge in [0.2, 0.25) is 11.7 Å². The zero-order valence-corrected chi connectivity index (χ0v) is 23.5. The number of aromatic amines is 1. The summed E-state index contributed by atoms with van der Waals surface area (Å²) in [7, 11) is 0. The van der Waals surface area contributed by atoms with E-state index in [1.54, 1.807) is 0 Å². The Hall–Kier alpha value is -3.59. The van der Waals surface area contributed by atoms with Crippen LogP contribution in [0.25, 0.3) is 22.5 Å². The lowest BCUT2D eigenvalue weighted by molar-refractivity contribution is -0.235. The van der Waals surface area contributed by atoms with E-state index < -0.39 is 16.9 Å². The molecule has 3 saturated heterocycles. The normalized spacial score (nSPS) is 26.3. The fraction of sp³-hybridized carbons (Fsp3) is 0.516. The van der Waals surface area contributed by atoms with Gasteiger partial charge in [-0.3, -0.25) is 14.6 Å². The summed E-state index contributed by atoms with van der Waals surface area (Å²) in [6.07, 6.45) is 6.99. The average Bonchev–Trinajstić information content (AvgIpc) is 3.61. The van der Waals surface area contributed by atoms with Crippen LogP contribution in [0.3, 0.4) is 0 Å². The fourth-order valence-corrected chi connectivity index (χ4v) is 7.55. The van der Waals surface area contributed by atoms with Crippen molar-refractivity contribution in [3.8, 4) is 22.5 Å². The summed E-state index contributed by atoms with van der Waals surface area (Å²) in [6, 6.07) is 16.6. The number of carbonyl (C=O) groups excluding carboxylic acids is 1. The van der Waals surface area contributed by atoms with Crippen LogP contribution in [0.5, 0.6) is 0 Å². The van der Waals surface area contributed by atoms with Crippen LogP contribution in [0.4, 0.5) is 0 Å². The van der Waals surface area contributed by atoms with Gasteiger partial charge < -0.3 is 5.11 Å². The number of carboxylic acids is 1. The standard InChI is InChI=1S/C31H38N6O3/c1-4-5-10-26-25(28(38)36-22-15-17-31(18-16-22,37(26)36)30(2,3)29(39)40)19-20-11-13-21(14-12-20)23-8-6-7-9-24(23)27-32-34-35-33-27/h6-9,11-14,22,25-26H,4-5,10,15-19H2,1-3H3,(H,39,40)(H,32,33,34,35). The second-order valence-electron chi connectivity index (χ2n) is 12.2. The summed E-state index contributed by atoms with van der Waals surface area (Å²) in [6.45, 7) is 5.89. The molecular formula is C31H38N6O3. The summed E-state index contributed by atoms with van der Waals surface area (Å²) >= 11 is 0. The third-order valence-corrected chi connectivity index (χ3v) is 9.91. The maximum absolute atomic E-state index is 14.1. The molecule has 40 heavy (non-hydrogen) atoms. The molecule has 4 heterocycles. The summed E-state index contributed by atoms with van der Waals surface area (Å²) in [4.78, 5) is 26.7. The molecule has 3 aromatic rings. The minimum Gasteiger partial charge on any atom is -0.481 e. The quantitative estimate of drug-likeness (QED) is 0.386. The highest BCUT2D eigenvalue weighted by molar-refractivity contribution is 5.84. The topological polar surface area (TPSA) is 115 Å². The first-order valence-electron chi connectivity index (χ1n) is 14.6. The van der Waals surface area contributed by atoms with E-state index in [0.29, 0.717) is 12.2 Å². The molecule has 1 amide bonds. The number of aliphatic carboxylic acids is 1. The van der Waals surface area contributed by atoms with Gasteiger partial charge >= 0.3 is 5.97 Å². The molecule has 210 valence electrons. The Labute approximate surface area is 234 Å². The van der Waals surface area contributed by atoms with Gasteiger partial charge in [-0.25, -0.2) is 5.01 Å². The molecule has 1 aliphatic carbocycles. The highest BCUT2D eigenvalue weighted by atomic mass is 16.4. The third-order valence-electron chi connectivity index (χ3n) is 9.91. The number of fused-ring (bicyclic) bond motifs is 2. The molecule has 1 saturated carbocycles. The van der Waals surface area contributed by atoms with Gasteiger partial charge in [0.05, 0.1) is 16.9 Å². The van der Waals surface area contributed by atoms with E-state index >= 15 is 0 Å². The molecule has 2 unspecified atom stereocenters. The van der Waals surface area contributed by atoms with Crippen molar-refractivity contribution in [2.24, 2.45) is 11.3 Å². The number of carboxylic acid groups (broad SMARTS) is 1. The number of benzene rings is 2. The van der Waals surface area contributed by atoms with Crippen LogP contribution in [0.2, 0.25) is 0 Å². The van der Waals surface area contributed by atoms with E-state index in [2.05, 4.69) is 56.8 Å². The summed E-state index contributed by atoms with van der Waals surface area (Å²) in [5, 5.41) is 29.2. The predicted molar refractivity (Wildman–Crippen MR) is 151 cm³/mol. The van der Waals surface area contributed by atoms with Crippen molar-refractivity contribution in [1.82, 2.24) is 30.6 Å². The molecule has 0 spiro atoms. The van der Waals surface area contributed by atoms with Gasteiger partial charge in [-0.2, -0.15) is 5.21 Å². The lowest BCUT2D eigenvalue weighted by Crippen LogP contribution is -2.73. The van der Waals surface area contributed by atoms with Crippen LogP contribution in [-0.4, -0.2) is 65.2 Å². The Morgan fingerprint density at radius 2 is 1.80 bits per heavy atom. The second kappa shape index (κ2) is 10.1. The number of hydrogen-bond donors (Lipinski definition) is 2. The number of carbonyl (C=O) groups is 2. The van der Waals surface area contributed by atoms with E-state index in [0.717, 1.165) is 67.2 Å². The highest BCUT2D eigenvalue weighted by Gasteiger charge is 2.67. The Morgan fingerprint density at radius 1 is 1.10 bits per heavy atom. The minimum absolute atomic E-state index is 0.00724. The van der Waals surface area contributed by atoms with Crippen molar-refractivity contribution < 1.29 is 14.7 Å². The number of hydrogen-bond acceptors (Lipinski definition) is 6. The van der Waals surface area contributed by atoms with E-state index in [1.165, 1.54) is 0 Å². The smallest absolute Gasteiger partial charge is 0.311 e. The van der Waals surface area contributed by atoms with Gasteiger partial charge in [-0.05, 0) is 74.3 Å². The SMILES string of the molecule is CCCCC1C(Cc2ccc(-c3ccccc3-c3nn[nH]n3)cc2)C(=O)N2C3CCC(C(C)(C)C(=O)O)(CC3)N12. The van der Waals surface area contributed by atoms with Crippen LogP contribution in [0.1, 0.15) is 71.3 Å². The molecule has 9 nitrogen and oxygen atoms in total. The van der Waals surface area contributed by atoms with Crippen molar-refractivity contribution in [3.05, 3.63) is 54.1 Å². The highest BCUT2D eigenvalue weighted by Crippen LogP contribution is 2.57. The van der Waals surface area contributed by atoms with Crippen molar-refractivity contribution >= 4 is 11.9 Å². The number of nitrogens with one attached hydrogen (secondary N) is 1. The number of unbranched alkanes of at least 4 members (excludes halogenated alkanes) is 1. The number of rotatable bonds is 9. The molecule has 7 rings (SSSR count). The molecule has 4 aliphatic rings. The molecule has 1 aromatic heterocycles. The Bertz CT molecular complexity index is 1380. The van der Waals surface area contributed by atoms with E-state index in [4.69, 9.17) is 0 Å². The first kappa shape index (κ1) is 26.6. The second-order valence-corrected chi connectivity index (χ2v) is 12.2. The van der Waals surface area contributed by atoms with E-state index in [9.17, 15) is 14.7 Å². The molecule has 2 N–H and O–H groups in total. The molecule has 3 aliphatic heterocycles. The number of hydrazine groups is 1. The van der Waals surface area contributed by atoms with Crippen LogP contribution >= 0.6 is 0 Å². The Kier molecular flexibility index (Phi) is 6.73. The number of nitrogens with zero attached hydrogens (tertiary/aromatic N) is 5. The van der Waals surface area contributed by atoms with Gasteiger partial charge in [0, 0.05) is 17.6 Å². The Balaban J connectivity index is 1.31. The first-order chi connectivity index (χ1) is 19.3. The van der Waals surface area contributed by atoms with Crippen LogP contribution in [0, 0.1) is 11.3 Å². The van der Waals surface area contributed by atoms with Gasteiger partial charge in [0.15, 0.2) is 0 Å². The Morgan fingerprint density at radius 3 is 2.42 bits per heavy atom. The van der Waals surface area contributed by atoms with Gasteiger partial charge in [0.1, 0.15) is 0 Å². The average molecular weight is 543 g/mol. The summed E-state index contributed by atoms with van der Waals surface area (Å²) in [5.74, 6) is -0.252. The molecule has 9 heteroatoms. The fourth-order valence-electron chi connectivity index (χ4n) is 7.55. The zero-order valence-electron chi connectivity index (χ0n) is 23.5. The monoisotopic (exact) mass is 542 g/mol. The summed E-state index contributed by atoms with van der Waals surface area (Å²) < 4.78 is 0. The number of aromatic nitrogens is 4. The van der Waals surface area contributed by atoms with Gasteiger partial charge in [-0.15, -0.1) is 10.2 Å². The molecule has 2 bridgehead atoms. The van der Waals surface area contributed by atoms with Crippen LogP contribution < -0.4 is 0 Å². The van der Waals surface area contributed by atoms with Gasteiger partial charge in [0.25, 0.3) is 0 Å². The van der Waals surface area contributed by atoms with E-state index in [-0.39, 0.29) is 23.9 Å². The molecule has 2 atom stereocenters. The minimum atomic E-state index is -0.954. The van der Waals surface area contributed by atoms with Crippen LogP contribution in [-0.2, 0) is 16.0 Å². The van der Waals surface area contributed by atoms with Crippen molar-refractivity contribution in [2.75, 3.05) is 0 Å². The molecule has 0 radical (unpaired) electrons. The lowest BCUT2D eigenvalue weighted by atomic mass is 9.61.